The second-order valence-corrected chi connectivity index (χ2v) is 4.58. The van der Waals surface area contributed by atoms with E-state index < -0.39 is 6.29 Å². The first-order valence-electron chi connectivity index (χ1n) is 4.90. The third kappa shape index (κ3) is 2.02. The number of ether oxygens (including phenoxy) is 2. The number of halogens is 2. The summed E-state index contributed by atoms with van der Waals surface area (Å²) in [6.07, 6.45) is -2.10. The number of hydrogen-bond donors (Lipinski definition) is 2. The van der Waals surface area contributed by atoms with E-state index in [1.807, 2.05) is 0 Å². The number of rotatable bonds is 2. The molecular formula is C10H7F2N3O2S. The molecule has 0 bridgehead atoms. The number of thiazole rings is 1. The van der Waals surface area contributed by atoms with Gasteiger partial charge in [0.25, 0.3) is 0 Å². The molecule has 1 aliphatic rings. The Morgan fingerprint density at radius 2 is 2.06 bits per heavy atom. The highest BCUT2D eigenvalue weighted by Gasteiger charge is 2.43. The van der Waals surface area contributed by atoms with Crippen LogP contribution in [-0.2, 0) is 0 Å². The molecule has 94 valence electrons. The average Bonchev–Trinajstić information content (AvgIpc) is 2.80. The maximum absolute atomic E-state index is 12.8. The van der Waals surface area contributed by atoms with E-state index in [0.29, 0.717) is 15.8 Å². The summed E-state index contributed by atoms with van der Waals surface area (Å²) in [4.78, 5) is 4.00. The van der Waals surface area contributed by atoms with Crippen molar-refractivity contribution in [3.05, 3.63) is 24.4 Å². The first-order valence-corrected chi connectivity index (χ1v) is 5.72. The molecule has 0 saturated heterocycles. The standard InChI is InChI=1S/C10H7F2N3O2S/c11-10(12)16-6-2-1-5(3-7(6)17-10)15-9-14-4-8(13)18-9/h1-4H,13H2,(H,14,15). The lowest BCUT2D eigenvalue weighted by Gasteiger charge is -2.04. The zero-order valence-corrected chi connectivity index (χ0v) is 9.63. The Labute approximate surface area is 104 Å². The summed E-state index contributed by atoms with van der Waals surface area (Å²) in [5.41, 5.74) is 6.09. The van der Waals surface area contributed by atoms with Crippen molar-refractivity contribution in [1.82, 2.24) is 4.98 Å². The zero-order valence-electron chi connectivity index (χ0n) is 8.81. The molecule has 3 rings (SSSR count). The highest BCUT2D eigenvalue weighted by molar-refractivity contribution is 7.19. The van der Waals surface area contributed by atoms with Gasteiger partial charge < -0.3 is 20.5 Å². The normalized spacial score (nSPS) is 15.7. The monoisotopic (exact) mass is 271 g/mol. The Kier molecular flexibility index (Phi) is 2.27. The molecular weight excluding hydrogens is 264 g/mol. The predicted octanol–water partition coefficient (Wildman–Crippen LogP) is 2.79. The van der Waals surface area contributed by atoms with Crippen LogP contribution in [0.3, 0.4) is 0 Å². The topological polar surface area (TPSA) is 69.4 Å². The summed E-state index contributed by atoms with van der Waals surface area (Å²) in [5, 5.41) is 4.06. The number of nitrogens with two attached hydrogens (primary N) is 1. The molecule has 0 spiro atoms. The fraction of sp³-hybridized carbons (Fsp3) is 0.100. The van der Waals surface area contributed by atoms with Crippen molar-refractivity contribution in [1.29, 1.82) is 0 Å². The van der Waals surface area contributed by atoms with E-state index >= 15 is 0 Å². The van der Waals surface area contributed by atoms with Crippen molar-refractivity contribution < 1.29 is 18.3 Å². The highest BCUT2D eigenvalue weighted by atomic mass is 32.1. The number of nitrogens with one attached hydrogen (secondary N) is 1. The summed E-state index contributed by atoms with van der Waals surface area (Å²) < 4.78 is 34.2. The van der Waals surface area contributed by atoms with E-state index in [4.69, 9.17) is 5.73 Å². The second-order valence-electron chi connectivity index (χ2n) is 3.52. The molecule has 8 heteroatoms. The van der Waals surface area contributed by atoms with Gasteiger partial charge in [-0.2, -0.15) is 0 Å². The van der Waals surface area contributed by atoms with Gasteiger partial charge in [-0.3, -0.25) is 0 Å². The minimum absolute atomic E-state index is 0.00389. The fourth-order valence-corrected chi connectivity index (χ4v) is 2.10. The van der Waals surface area contributed by atoms with Gasteiger partial charge in [0.15, 0.2) is 16.6 Å². The van der Waals surface area contributed by atoms with Gasteiger partial charge in [0.2, 0.25) is 0 Å². The maximum Gasteiger partial charge on any atom is 0.586 e. The van der Waals surface area contributed by atoms with Crippen LogP contribution in [0.2, 0.25) is 0 Å². The molecule has 1 aromatic carbocycles. The molecule has 1 aromatic heterocycles. The SMILES string of the molecule is Nc1cnc(Nc2ccc3c(c2)OC(F)(F)O3)s1. The highest BCUT2D eigenvalue weighted by Crippen LogP contribution is 2.42. The molecule has 3 N–H and O–H groups in total. The minimum atomic E-state index is -3.60. The number of anilines is 3. The van der Waals surface area contributed by atoms with Crippen molar-refractivity contribution >= 4 is 27.2 Å². The van der Waals surface area contributed by atoms with Gasteiger partial charge >= 0.3 is 6.29 Å². The van der Waals surface area contributed by atoms with Gasteiger partial charge in [0.1, 0.15) is 5.00 Å². The van der Waals surface area contributed by atoms with E-state index in [1.54, 1.807) is 6.07 Å². The molecule has 5 nitrogen and oxygen atoms in total. The summed E-state index contributed by atoms with van der Waals surface area (Å²) in [6, 6.07) is 4.39. The number of benzene rings is 1. The summed E-state index contributed by atoms with van der Waals surface area (Å²) in [7, 11) is 0. The molecule has 0 amide bonds. The van der Waals surface area contributed by atoms with Crippen molar-refractivity contribution in [2.75, 3.05) is 11.1 Å². The first-order chi connectivity index (χ1) is 8.52. The zero-order chi connectivity index (χ0) is 12.8. The van der Waals surface area contributed by atoms with Crippen LogP contribution >= 0.6 is 11.3 Å². The lowest BCUT2D eigenvalue weighted by molar-refractivity contribution is -0.286. The Morgan fingerprint density at radius 1 is 1.28 bits per heavy atom. The van der Waals surface area contributed by atoms with Crippen molar-refractivity contribution in [3.63, 3.8) is 0 Å². The molecule has 0 unspecified atom stereocenters. The Bertz CT molecular complexity index is 603. The smallest absolute Gasteiger partial charge is 0.395 e. The van der Waals surface area contributed by atoms with Gasteiger partial charge in [-0.05, 0) is 12.1 Å². The molecule has 0 aliphatic carbocycles. The van der Waals surface area contributed by atoms with E-state index in [1.165, 1.54) is 29.7 Å². The Balaban J connectivity index is 1.84. The third-order valence-corrected chi connectivity index (χ3v) is 2.92. The number of hydrogen-bond acceptors (Lipinski definition) is 6. The van der Waals surface area contributed by atoms with Gasteiger partial charge in [0, 0.05) is 11.8 Å². The van der Waals surface area contributed by atoms with E-state index in [0.717, 1.165) is 0 Å². The number of aromatic nitrogens is 1. The van der Waals surface area contributed by atoms with E-state index in [9.17, 15) is 8.78 Å². The lowest BCUT2D eigenvalue weighted by atomic mass is 10.3. The Morgan fingerprint density at radius 3 is 2.78 bits per heavy atom. The molecule has 0 saturated carbocycles. The minimum Gasteiger partial charge on any atom is -0.395 e. The first kappa shape index (κ1) is 11.0. The molecule has 1 aliphatic heterocycles. The van der Waals surface area contributed by atoms with E-state index in [2.05, 4.69) is 19.8 Å². The summed E-state index contributed by atoms with van der Waals surface area (Å²) in [5.74, 6) is -0.0151. The third-order valence-electron chi connectivity index (χ3n) is 2.18. The van der Waals surface area contributed by atoms with Gasteiger partial charge in [-0.15, -0.1) is 8.78 Å². The second kappa shape index (κ2) is 3.70. The molecule has 18 heavy (non-hydrogen) atoms. The van der Waals surface area contributed by atoms with Crippen molar-refractivity contribution in [3.8, 4) is 11.5 Å². The summed E-state index contributed by atoms with van der Waals surface area (Å²) in [6.45, 7) is 0. The molecule has 0 fully saturated rings. The molecule has 0 radical (unpaired) electrons. The van der Waals surface area contributed by atoms with E-state index in [-0.39, 0.29) is 11.5 Å². The molecule has 2 heterocycles. The predicted molar refractivity (Wildman–Crippen MR) is 62.5 cm³/mol. The van der Waals surface area contributed by atoms with Crippen LogP contribution in [0.4, 0.5) is 24.6 Å². The van der Waals surface area contributed by atoms with Crippen LogP contribution in [0.1, 0.15) is 0 Å². The maximum atomic E-state index is 12.8. The largest absolute Gasteiger partial charge is 0.586 e. The number of fused-ring (bicyclic) bond motifs is 1. The average molecular weight is 271 g/mol. The Hall–Kier alpha value is -2.09. The van der Waals surface area contributed by atoms with Gasteiger partial charge in [0.05, 0.1) is 6.20 Å². The number of nitrogen functional groups attached to an aromatic ring is 1. The van der Waals surface area contributed by atoms with Crippen molar-refractivity contribution in [2.45, 2.75) is 6.29 Å². The summed E-state index contributed by atoms with van der Waals surface area (Å²) >= 11 is 1.25. The van der Waals surface area contributed by atoms with Crippen LogP contribution < -0.4 is 20.5 Å². The van der Waals surface area contributed by atoms with Crippen LogP contribution in [0.5, 0.6) is 11.5 Å². The van der Waals surface area contributed by atoms with Gasteiger partial charge in [-0.1, -0.05) is 11.3 Å². The molecule has 2 aromatic rings. The fourth-order valence-electron chi connectivity index (χ4n) is 1.49. The van der Waals surface area contributed by atoms with Crippen LogP contribution in [0.25, 0.3) is 0 Å². The molecule has 0 atom stereocenters. The number of nitrogens with zero attached hydrogens (tertiary/aromatic N) is 1. The van der Waals surface area contributed by atoms with Gasteiger partial charge in [-0.25, -0.2) is 4.98 Å². The van der Waals surface area contributed by atoms with Crippen LogP contribution in [0.15, 0.2) is 24.4 Å². The number of alkyl halides is 2. The van der Waals surface area contributed by atoms with Crippen LogP contribution in [0, 0.1) is 0 Å². The van der Waals surface area contributed by atoms with Crippen molar-refractivity contribution in [2.24, 2.45) is 0 Å². The lowest BCUT2D eigenvalue weighted by Crippen LogP contribution is -2.25. The van der Waals surface area contributed by atoms with Crippen LogP contribution in [-0.4, -0.2) is 11.3 Å². The quantitative estimate of drug-likeness (QED) is 0.879.